The van der Waals surface area contributed by atoms with Crippen molar-refractivity contribution < 1.29 is 9.53 Å². The molecule has 0 radical (unpaired) electrons. The molecule has 6 heteroatoms. The number of carbonyl (C=O) groups is 1. The lowest BCUT2D eigenvalue weighted by atomic mass is 10.1. The van der Waals surface area contributed by atoms with Gasteiger partial charge >= 0.3 is 6.09 Å². The number of para-hydroxylation sites is 1. The van der Waals surface area contributed by atoms with E-state index in [1.807, 2.05) is 18.2 Å². The Hall–Kier alpha value is -1.82. The van der Waals surface area contributed by atoms with Gasteiger partial charge in [0.25, 0.3) is 0 Å². The van der Waals surface area contributed by atoms with Crippen molar-refractivity contribution in [3.05, 3.63) is 29.8 Å². The molecule has 0 bridgehead atoms. The molecule has 17 heavy (non-hydrogen) atoms. The first-order chi connectivity index (χ1) is 8.13. The Bertz CT molecular complexity index is 464. The van der Waals surface area contributed by atoms with Crippen molar-refractivity contribution >= 4 is 23.4 Å². The second-order valence-corrected chi connectivity index (χ2v) is 4.05. The van der Waals surface area contributed by atoms with Crippen LogP contribution in [0.5, 0.6) is 5.75 Å². The molecule has 1 aromatic carbocycles. The Morgan fingerprint density at radius 2 is 2.18 bits per heavy atom. The van der Waals surface area contributed by atoms with Gasteiger partial charge in [0.1, 0.15) is 11.9 Å². The van der Waals surface area contributed by atoms with Crippen LogP contribution in [0.3, 0.4) is 0 Å². The fourth-order valence-electron chi connectivity index (χ4n) is 1.65. The fourth-order valence-corrected chi connectivity index (χ4v) is 1.76. The van der Waals surface area contributed by atoms with Crippen LogP contribution >= 0.6 is 12.2 Å². The normalized spacial score (nSPS) is 18.1. The van der Waals surface area contributed by atoms with Gasteiger partial charge in [0.15, 0.2) is 5.11 Å². The molecule has 0 fully saturated rings. The van der Waals surface area contributed by atoms with Crippen LogP contribution in [0.25, 0.3) is 0 Å². The molecular formula is C11H13N3O2S. The topological polar surface area (TPSA) is 53.6 Å². The Morgan fingerprint density at radius 3 is 2.88 bits per heavy atom. The Kier molecular flexibility index (Phi) is 3.14. The quantitative estimate of drug-likeness (QED) is 0.735. The van der Waals surface area contributed by atoms with E-state index in [4.69, 9.17) is 17.0 Å². The van der Waals surface area contributed by atoms with Crippen LogP contribution in [0, 0.1) is 0 Å². The van der Waals surface area contributed by atoms with Crippen molar-refractivity contribution in [2.45, 2.75) is 6.17 Å². The van der Waals surface area contributed by atoms with Crippen molar-refractivity contribution in [1.29, 1.82) is 0 Å². The zero-order valence-corrected chi connectivity index (χ0v) is 10.4. The van der Waals surface area contributed by atoms with Crippen molar-refractivity contribution in [3.8, 4) is 5.75 Å². The Morgan fingerprint density at radius 1 is 1.47 bits per heavy atom. The molecule has 5 nitrogen and oxygen atoms in total. The monoisotopic (exact) mass is 251 g/mol. The number of fused-ring (bicyclic) bond motifs is 1. The molecule has 0 saturated heterocycles. The second-order valence-electron chi connectivity index (χ2n) is 3.64. The maximum atomic E-state index is 11.6. The highest BCUT2D eigenvalue weighted by Crippen LogP contribution is 2.31. The molecule has 1 aromatic rings. The number of carbonyl (C=O) groups excluding carboxylic acids is 1. The first-order valence-corrected chi connectivity index (χ1v) is 5.56. The Balaban J connectivity index is 2.35. The van der Waals surface area contributed by atoms with E-state index in [1.165, 1.54) is 4.90 Å². The summed E-state index contributed by atoms with van der Waals surface area (Å²) in [5, 5.41) is 6.35. The van der Waals surface area contributed by atoms with Crippen molar-refractivity contribution in [2.75, 3.05) is 14.1 Å². The van der Waals surface area contributed by atoms with Crippen LogP contribution in [-0.2, 0) is 0 Å². The van der Waals surface area contributed by atoms with Crippen LogP contribution in [0.1, 0.15) is 11.7 Å². The van der Waals surface area contributed by atoms with Crippen LogP contribution in [-0.4, -0.2) is 30.2 Å². The number of benzene rings is 1. The van der Waals surface area contributed by atoms with Crippen LogP contribution in [0.15, 0.2) is 24.3 Å². The molecule has 2 rings (SSSR count). The van der Waals surface area contributed by atoms with Gasteiger partial charge < -0.3 is 15.4 Å². The van der Waals surface area contributed by atoms with Gasteiger partial charge in [-0.1, -0.05) is 18.2 Å². The van der Waals surface area contributed by atoms with Gasteiger partial charge in [-0.05, 0) is 18.3 Å². The third kappa shape index (κ3) is 2.16. The van der Waals surface area contributed by atoms with Crippen LogP contribution in [0.4, 0.5) is 4.79 Å². The van der Waals surface area contributed by atoms with E-state index in [9.17, 15) is 4.79 Å². The molecule has 90 valence electrons. The minimum absolute atomic E-state index is 0.313. The number of hydrogen-bond acceptors (Lipinski definition) is 3. The highest BCUT2D eigenvalue weighted by molar-refractivity contribution is 7.80. The molecule has 1 aliphatic heterocycles. The van der Waals surface area contributed by atoms with E-state index in [-0.39, 0.29) is 6.17 Å². The molecule has 1 aliphatic rings. The van der Waals surface area contributed by atoms with Gasteiger partial charge in [-0.15, -0.1) is 0 Å². The lowest BCUT2D eigenvalue weighted by molar-refractivity contribution is 0.127. The lowest BCUT2D eigenvalue weighted by Gasteiger charge is -2.34. The predicted molar refractivity (Wildman–Crippen MR) is 67.8 cm³/mol. The maximum absolute atomic E-state index is 11.6. The van der Waals surface area contributed by atoms with E-state index >= 15 is 0 Å². The smallest absolute Gasteiger partial charge is 0.410 e. The fraction of sp³-hybridized carbons (Fsp3) is 0.273. The van der Waals surface area contributed by atoms with Gasteiger partial charge in [0.2, 0.25) is 0 Å². The highest BCUT2D eigenvalue weighted by atomic mass is 32.1. The molecule has 0 aliphatic carbocycles. The average molecular weight is 251 g/mol. The maximum Gasteiger partial charge on any atom is 0.416 e. The largest absolute Gasteiger partial charge is 0.416 e. The number of thiocarbonyl (C=S) groups is 1. The first-order valence-electron chi connectivity index (χ1n) is 5.15. The van der Waals surface area contributed by atoms with Gasteiger partial charge in [-0.3, -0.25) is 4.90 Å². The molecule has 2 N–H and O–H groups in total. The van der Waals surface area contributed by atoms with Gasteiger partial charge in [0, 0.05) is 19.7 Å². The number of amides is 1. The van der Waals surface area contributed by atoms with E-state index in [2.05, 4.69) is 10.6 Å². The number of hydrogen-bond donors (Lipinski definition) is 2. The summed E-state index contributed by atoms with van der Waals surface area (Å²) >= 11 is 5.06. The molecule has 0 saturated carbocycles. The highest BCUT2D eigenvalue weighted by Gasteiger charge is 2.31. The molecule has 1 unspecified atom stereocenters. The molecule has 1 amide bonds. The summed E-state index contributed by atoms with van der Waals surface area (Å²) in [4.78, 5) is 13.1. The second kappa shape index (κ2) is 4.58. The van der Waals surface area contributed by atoms with Crippen LogP contribution in [0.2, 0.25) is 0 Å². The summed E-state index contributed by atoms with van der Waals surface area (Å²) in [5.74, 6) is 0.562. The van der Waals surface area contributed by atoms with E-state index in [1.54, 1.807) is 20.2 Å². The number of ether oxygens (including phenoxy) is 1. The summed E-state index contributed by atoms with van der Waals surface area (Å²) in [6, 6.07) is 7.37. The van der Waals surface area contributed by atoms with Crippen molar-refractivity contribution in [3.63, 3.8) is 0 Å². The molecule has 1 heterocycles. The molecular weight excluding hydrogens is 238 g/mol. The van der Waals surface area contributed by atoms with Gasteiger partial charge in [-0.25, -0.2) is 4.79 Å². The minimum atomic E-state index is -0.403. The van der Waals surface area contributed by atoms with Gasteiger partial charge in [0.05, 0.1) is 0 Å². The summed E-state index contributed by atoms with van der Waals surface area (Å²) < 4.78 is 5.17. The standard InChI is InChI=1S/C11H13N3O2S/c1-12-10(17)13-9-7-5-3-4-6-8(7)16-11(15)14(9)2/h3-6,9H,1-2H3,(H2,12,13,17). The van der Waals surface area contributed by atoms with Crippen molar-refractivity contribution in [2.24, 2.45) is 0 Å². The van der Waals surface area contributed by atoms with E-state index in [0.717, 1.165) is 5.56 Å². The zero-order valence-electron chi connectivity index (χ0n) is 9.56. The third-order valence-corrected chi connectivity index (χ3v) is 2.90. The average Bonchev–Trinajstić information content (AvgIpc) is 2.34. The predicted octanol–water partition coefficient (Wildman–Crippen LogP) is 1.22. The van der Waals surface area contributed by atoms with E-state index < -0.39 is 6.09 Å². The number of rotatable bonds is 1. The lowest BCUT2D eigenvalue weighted by Crippen LogP contribution is -2.48. The summed E-state index contributed by atoms with van der Waals surface area (Å²) in [6.07, 6.45) is -0.715. The van der Waals surface area contributed by atoms with Crippen LogP contribution < -0.4 is 15.4 Å². The first kappa shape index (κ1) is 11.7. The van der Waals surface area contributed by atoms with Crippen molar-refractivity contribution in [1.82, 2.24) is 15.5 Å². The summed E-state index contributed by atoms with van der Waals surface area (Å²) in [5.41, 5.74) is 0.882. The Labute approximate surface area is 105 Å². The molecule has 0 aromatic heterocycles. The summed E-state index contributed by atoms with van der Waals surface area (Å²) in [6.45, 7) is 0. The number of nitrogens with zero attached hydrogens (tertiary/aromatic N) is 1. The SMILES string of the molecule is CNC(=S)NC1c2ccccc2OC(=O)N1C. The van der Waals surface area contributed by atoms with Gasteiger partial charge in [-0.2, -0.15) is 0 Å². The minimum Gasteiger partial charge on any atom is -0.410 e. The zero-order chi connectivity index (χ0) is 12.4. The number of nitrogens with one attached hydrogen (secondary N) is 2. The molecule has 1 atom stereocenters. The molecule has 0 spiro atoms. The summed E-state index contributed by atoms with van der Waals surface area (Å²) in [7, 11) is 3.39. The van der Waals surface area contributed by atoms with E-state index in [0.29, 0.717) is 10.9 Å². The third-order valence-electron chi connectivity index (χ3n) is 2.58.